The normalized spacial score (nSPS) is 20.2. The van der Waals surface area contributed by atoms with E-state index in [2.05, 4.69) is 5.32 Å². The first-order chi connectivity index (χ1) is 15.1. The molecule has 0 spiro atoms. The molecule has 2 aliphatic heterocycles. The summed E-state index contributed by atoms with van der Waals surface area (Å²) in [7, 11) is -3.74. The predicted octanol–water partition coefficient (Wildman–Crippen LogP) is 3.24. The van der Waals surface area contributed by atoms with Gasteiger partial charge in [-0.25, -0.2) is 8.42 Å². The quantitative estimate of drug-likeness (QED) is 0.696. The fourth-order valence-electron chi connectivity index (χ4n) is 4.25. The molecule has 2 saturated heterocycles. The van der Waals surface area contributed by atoms with Crippen LogP contribution < -0.4 is 10.1 Å². The van der Waals surface area contributed by atoms with Crippen LogP contribution >= 0.6 is 0 Å². The van der Waals surface area contributed by atoms with Gasteiger partial charge in [-0.15, -0.1) is 0 Å². The van der Waals surface area contributed by atoms with Crippen LogP contribution in [0.2, 0.25) is 0 Å². The summed E-state index contributed by atoms with van der Waals surface area (Å²) >= 11 is 0. The molecule has 8 nitrogen and oxygen atoms in total. The topological polar surface area (TPSA) is 96.0 Å². The number of sulfonamides is 1. The predicted molar refractivity (Wildman–Crippen MR) is 123 cm³/mol. The Morgan fingerprint density at radius 1 is 1.09 bits per heavy atom. The Morgan fingerprint density at radius 2 is 1.78 bits per heavy atom. The minimum atomic E-state index is -3.74. The second-order valence-electron chi connectivity index (χ2n) is 9.46. The highest BCUT2D eigenvalue weighted by Gasteiger charge is 2.38. The number of piperidine rings is 1. The summed E-state index contributed by atoms with van der Waals surface area (Å²) in [5.41, 5.74) is -0.193. The van der Waals surface area contributed by atoms with Crippen LogP contribution in [0, 0.1) is 5.41 Å². The Kier molecular flexibility index (Phi) is 7.50. The van der Waals surface area contributed by atoms with Crippen molar-refractivity contribution in [3.8, 4) is 5.75 Å². The first-order valence-electron chi connectivity index (χ1n) is 11.4. The number of hydrogen-bond donors (Lipinski definition) is 1. The van der Waals surface area contributed by atoms with Gasteiger partial charge in [0.1, 0.15) is 16.7 Å². The molecule has 1 aromatic carbocycles. The Morgan fingerprint density at radius 3 is 2.41 bits per heavy atom. The van der Waals surface area contributed by atoms with Crippen LogP contribution in [0.15, 0.2) is 23.1 Å². The van der Waals surface area contributed by atoms with Crippen molar-refractivity contribution in [1.29, 1.82) is 0 Å². The van der Waals surface area contributed by atoms with E-state index >= 15 is 0 Å². The van der Waals surface area contributed by atoms with Gasteiger partial charge in [-0.1, -0.05) is 27.2 Å². The maximum atomic E-state index is 13.3. The molecule has 178 valence electrons. The van der Waals surface area contributed by atoms with E-state index in [-0.39, 0.29) is 22.5 Å². The number of carbonyl (C=O) groups is 2. The number of benzene rings is 1. The molecule has 0 aromatic heterocycles. The van der Waals surface area contributed by atoms with Crippen molar-refractivity contribution in [1.82, 2.24) is 9.21 Å². The number of nitrogens with zero attached hydrogens (tertiary/aromatic N) is 2. The van der Waals surface area contributed by atoms with E-state index in [0.29, 0.717) is 38.3 Å². The molecule has 1 N–H and O–H groups in total. The van der Waals surface area contributed by atoms with Crippen LogP contribution in [0.1, 0.15) is 59.8 Å². The molecule has 2 heterocycles. The lowest BCUT2D eigenvalue weighted by atomic mass is 9.94. The van der Waals surface area contributed by atoms with Crippen LogP contribution in [0.25, 0.3) is 0 Å². The number of anilines is 1. The summed E-state index contributed by atoms with van der Waals surface area (Å²) in [5, 5.41) is 2.83. The molecule has 0 bridgehead atoms. The molecule has 1 aromatic rings. The fourth-order valence-corrected chi connectivity index (χ4v) is 5.92. The number of nitrogens with one attached hydrogen (secondary N) is 1. The number of carbonyl (C=O) groups excluding carboxylic acids is 2. The maximum Gasteiger partial charge on any atom is 0.247 e. The van der Waals surface area contributed by atoms with Gasteiger partial charge in [0.25, 0.3) is 0 Å². The molecule has 1 unspecified atom stereocenters. The lowest BCUT2D eigenvalue weighted by Gasteiger charge is -2.30. The minimum absolute atomic E-state index is 0.0600. The third kappa shape index (κ3) is 5.26. The molecular formula is C23H35N3O5S. The molecule has 2 aliphatic rings. The molecule has 2 amide bonds. The average molecular weight is 466 g/mol. The highest BCUT2D eigenvalue weighted by molar-refractivity contribution is 7.89. The van der Waals surface area contributed by atoms with E-state index < -0.39 is 21.5 Å². The highest BCUT2D eigenvalue weighted by atomic mass is 32.2. The van der Waals surface area contributed by atoms with E-state index in [0.717, 1.165) is 25.7 Å². The van der Waals surface area contributed by atoms with E-state index in [9.17, 15) is 18.0 Å². The van der Waals surface area contributed by atoms with Crippen molar-refractivity contribution in [2.45, 2.75) is 70.7 Å². The van der Waals surface area contributed by atoms with Crippen LogP contribution in [-0.2, 0) is 19.6 Å². The van der Waals surface area contributed by atoms with Gasteiger partial charge in [0.05, 0.1) is 6.61 Å². The number of hydrogen-bond acceptors (Lipinski definition) is 5. The van der Waals surface area contributed by atoms with Gasteiger partial charge in [0, 0.05) is 30.7 Å². The van der Waals surface area contributed by atoms with Crippen molar-refractivity contribution in [3.63, 3.8) is 0 Å². The van der Waals surface area contributed by atoms with Crippen molar-refractivity contribution in [2.75, 3.05) is 31.6 Å². The summed E-state index contributed by atoms with van der Waals surface area (Å²) in [6, 6.07) is 4.14. The van der Waals surface area contributed by atoms with E-state index in [1.165, 1.54) is 10.4 Å². The van der Waals surface area contributed by atoms with E-state index in [1.807, 2.05) is 20.8 Å². The minimum Gasteiger partial charge on any atom is -0.492 e. The second kappa shape index (κ2) is 9.79. The summed E-state index contributed by atoms with van der Waals surface area (Å²) in [5.74, 6) is -0.0812. The monoisotopic (exact) mass is 465 g/mol. The number of rotatable bonds is 6. The summed E-state index contributed by atoms with van der Waals surface area (Å²) < 4.78 is 33.7. The largest absolute Gasteiger partial charge is 0.492 e. The van der Waals surface area contributed by atoms with Gasteiger partial charge in [-0.3, -0.25) is 9.59 Å². The molecule has 2 fully saturated rings. The van der Waals surface area contributed by atoms with Gasteiger partial charge in [0.15, 0.2) is 0 Å². The lowest BCUT2D eigenvalue weighted by molar-refractivity contribution is -0.143. The standard InChI is InChI=1S/C23H35N3O5S/c1-5-31-19-12-11-17(16-20(19)32(29,30)25-13-7-6-8-14-25)24-21(27)18-10-9-15-26(18)22(28)23(2,3)4/h11-12,16,18H,5-10,13-15H2,1-4H3,(H,24,27). The molecule has 0 radical (unpaired) electrons. The van der Waals surface area contributed by atoms with Crippen molar-refractivity contribution in [2.24, 2.45) is 5.41 Å². The smallest absolute Gasteiger partial charge is 0.247 e. The molecule has 0 saturated carbocycles. The van der Waals surface area contributed by atoms with Gasteiger partial charge in [0.2, 0.25) is 21.8 Å². The van der Waals surface area contributed by atoms with Crippen molar-refractivity contribution < 1.29 is 22.7 Å². The Labute approximate surface area is 191 Å². The first-order valence-corrected chi connectivity index (χ1v) is 12.9. The Hall–Kier alpha value is -2.13. The van der Waals surface area contributed by atoms with E-state index in [4.69, 9.17) is 4.74 Å². The zero-order chi connectivity index (χ0) is 23.5. The molecule has 32 heavy (non-hydrogen) atoms. The van der Waals surface area contributed by atoms with E-state index in [1.54, 1.807) is 24.0 Å². The molecule has 3 rings (SSSR count). The van der Waals surface area contributed by atoms with Crippen LogP contribution in [0.3, 0.4) is 0 Å². The molecule has 0 aliphatic carbocycles. The summed E-state index contributed by atoms with van der Waals surface area (Å²) in [4.78, 5) is 27.5. The molecule has 9 heteroatoms. The summed E-state index contributed by atoms with van der Waals surface area (Å²) in [6.07, 6.45) is 4.03. The third-order valence-electron chi connectivity index (χ3n) is 5.90. The first kappa shape index (κ1) is 24.5. The van der Waals surface area contributed by atoms with Crippen LogP contribution in [-0.4, -0.2) is 61.7 Å². The second-order valence-corrected chi connectivity index (χ2v) is 11.4. The zero-order valence-electron chi connectivity index (χ0n) is 19.5. The lowest BCUT2D eigenvalue weighted by Crippen LogP contribution is -2.47. The SMILES string of the molecule is CCOc1ccc(NC(=O)C2CCCN2C(=O)C(C)(C)C)cc1S(=O)(=O)N1CCCCC1. The zero-order valence-corrected chi connectivity index (χ0v) is 20.3. The molecular weight excluding hydrogens is 430 g/mol. The fraction of sp³-hybridized carbons (Fsp3) is 0.652. The third-order valence-corrected chi connectivity index (χ3v) is 7.82. The average Bonchev–Trinajstić information content (AvgIpc) is 3.24. The summed E-state index contributed by atoms with van der Waals surface area (Å²) in [6.45, 7) is 9.17. The number of likely N-dealkylation sites (tertiary alicyclic amines) is 1. The number of ether oxygens (including phenoxy) is 1. The van der Waals surface area contributed by atoms with Gasteiger partial charge >= 0.3 is 0 Å². The Balaban J connectivity index is 1.85. The van der Waals surface area contributed by atoms with Crippen molar-refractivity contribution in [3.05, 3.63) is 18.2 Å². The van der Waals surface area contributed by atoms with Gasteiger partial charge in [-0.2, -0.15) is 4.31 Å². The van der Waals surface area contributed by atoms with Crippen molar-refractivity contribution >= 4 is 27.5 Å². The Bertz CT molecular complexity index is 949. The van der Waals surface area contributed by atoms with Crippen LogP contribution in [0.4, 0.5) is 5.69 Å². The van der Waals surface area contributed by atoms with Gasteiger partial charge in [-0.05, 0) is 50.8 Å². The highest BCUT2D eigenvalue weighted by Crippen LogP contribution is 2.32. The van der Waals surface area contributed by atoms with Gasteiger partial charge < -0.3 is 15.0 Å². The molecule has 1 atom stereocenters. The maximum absolute atomic E-state index is 13.3. The van der Waals surface area contributed by atoms with Crippen LogP contribution in [0.5, 0.6) is 5.75 Å². The number of amides is 2.